The van der Waals surface area contributed by atoms with E-state index >= 15 is 0 Å². The number of rotatable bonds is 6. The van der Waals surface area contributed by atoms with Crippen molar-refractivity contribution >= 4 is 73.8 Å². The van der Waals surface area contributed by atoms with Gasteiger partial charge in [0.05, 0.1) is 0 Å². The molecule has 9 aromatic carbocycles. The number of nitrogens with zero attached hydrogens (tertiary/aromatic N) is 3. The van der Waals surface area contributed by atoms with Crippen LogP contribution in [0.1, 0.15) is 0 Å². The molecule has 12 aromatic rings. The Morgan fingerprint density at radius 1 is 0.267 bits per heavy atom. The third kappa shape index (κ3) is 5.66. The van der Waals surface area contributed by atoms with E-state index in [9.17, 15) is 0 Å². The Balaban J connectivity index is 1.24. The molecule has 280 valence electrons. The highest BCUT2D eigenvalue weighted by Gasteiger charge is 2.25. The number of hydrogen-bond acceptors (Lipinski definition) is 5. The van der Waals surface area contributed by atoms with Gasteiger partial charge >= 0.3 is 0 Å². The molecule has 12 rings (SSSR count). The summed E-state index contributed by atoms with van der Waals surface area (Å²) < 4.78 is 4.81. The molecule has 0 saturated heterocycles. The van der Waals surface area contributed by atoms with Gasteiger partial charge in [-0.25, -0.2) is 15.0 Å². The molecule has 0 aliphatic heterocycles. The van der Waals surface area contributed by atoms with Crippen molar-refractivity contribution in [3.8, 4) is 67.5 Å². The van der Waals surface area contributed by atoms with E-state index in [1.807, 2.05) is 0 Å². The van der Waals surface area contributed by atoms with E-state index < -0.39 is 0 Å². The van der Waals surface area contributed by atoms with Crippen molar-refractivity contribution in [3.05, 3.63) is 200 Å². The number of hydrogen-bond donors (Lipinski definition) is 0. The molecule has 0 radical (unpaired) electrons. The van der Waals surface area contributed by atoms with Gasteiger partial charge in [-0.05, 0) is 62.9 Å². The summed E-state index contributed by atoms with van der Waals surface area (Å²) in [6, 6.07) is 71.5. The molecule has 3 heterocycles. The lowest BCUT2D eigenvalue weighted by Crippen LogP contribution is -2.03. The number of aromatic nitrogens is 3. The first-order valence-electron chi connectivity index (χ1n) is 20.1. The molecule has 0 atom stereocenters. The fraction of sp³-hybridized carbons (Fsp3) is 0. The fourth-order valence-corrected chi connectivity index (χ4v) is 11.3. The fourth-order valence-electron chi connectivity index (χ4n) is 8.85. The van der Waals surface area contributed by atoms with Crippen LogP contribution in [-0.2, 0) is 0 Å². The van der Waals surface area contributed by atoms with Crippen LogP contribution in [0.15, 0.2) is 200 Å². The zero-order chi connectivity index (χ0) is 39.6. The van der Waals surface area contributed by atoms with Crippen LogP contribution in [0, 0.1) is 0 Å². The Bertz CT molecular complexity index is 3470. The van der Waals surface area contributed by atoms with E-state index in [1.54, 1.807) is 22.7 Å². The van der Waals surface area contributed by atoms with Crippen molar-refractivity contribution in [3.63, 3.8) is 0 Å². The van der Waals surface area contributed by atoms with Crippen LogP contribution in [0.4, 0.5) is 0 Å². The van der Waals surface area contributed by atoms with E-state index in [0.717, 1.165) is 59.5 Å². The van der Waals surface area contributed by atoms with Crippen LogP contribution < -0.4 is 0 Å². The predicted octanol–water partition coefficient (Wildman–Crippen LogP) is 15.8. The first-order chi connectivity index (χ1) is 29.8. The summed E-state index contributed by atoms with van der Waals surface area (Å²) in [5, 5.41) is 7.23. The normalized spacial score (nSPS) is 11.7. The molecule has 0 fully saturated rings. The molecule has 0 unspecified atom stereocenters. The van der Waals surface area contributed by atoms with Crippen molar-refractivity contribution < 1.29 is 0 Å². The SMILES string of the molecule is c1ccc(-c2ccc(-c3ccccc3)c(-c3cccc4ccccc34)c2-c2nc(-c3cccc4c3sc3ccccc34)nc(-c3cccc4c3sc3ccccc34)n2)cc1. The summed E-state index contributed by atoms with van der Waals surface area (Å²) in [7, 11) is 0. The summed E-state index contributed by atoms with van der Waals surface area (Å²) in [4.78, 5) is 16.7. The molecular formula is C55H33N3S2. The molecule has 0 amide bonds. The minimum atomic E-state index is 0.630. The molecule has 0 saturated carbocycles. The minimum Gasteiger partial charge on any atom is -0.208 e. The second kappa shape index (κ2) is 14.2. The quantitative estimate of drug-likeness (QED) is 0.168. The summed E-state index contributed by atoms with van der Waals surface area (Å²) in [6.07, 6.45) is 0. The smallest absolute Gasteiger partial charge is 0.165 e. The van der Waals surface area contributed by atoms with Crippen molar-refractivity contribution in [2.75, 3.05) is 0 Å². The lowest BCUT2D eigenvalue weighted by atomic mass is 9.83. The molecule has 0 aliphatic rings. The van der Waals surface area contributed by atoms with Gasteiger partial charge in [-0.2, -0.15) is 0 Å². The number of fused-ring (bicyclic) bond motifs is 7. The van der Waals surface area contributed by atoms with E-state index in [2.05, 4.69) is 200 Å². The highest BCUT2D eigenvalue weighted by molar-refractivity contribution is 7.26. The van der Waals surface area contributed by atoms with Gasteiger partial charge in [0.25, 0.3) is 0 Å². The Morgan fingerprint density at radius 2 is 0.683 bits per heavy atom. The summed E-state index contributed by atoms with van der Waals surface area (Å²) >= 11 is 3.59. The maximum atomic E-state index is 5.62. The van der Waals surface area contributed by atoms with Crippen molar-refractivity contribution in [2.45, 2.75) is 0 Å². The second-order valence-electron chi connectivity index (χ2n) is 15.0. The van der Waals surface area contributed by atoms with Crippen LogP contribution in [0.2, 0.25) is 0 Å². The van der Waals surface area contributed by atoms with Crippen molar-refractivity contribution in [1.82, 2.24) is 15.0 Å². The average molecular weight is 800 g/mol. The summed E-state index contributed by atoms with van der Waals surface area (Å²) in [6.45, 7) is 0. The van der Waals surface area contributed by atoms with E-state index in [-0.39, 0.29) is 0 Å². The maximum absolute atomic E-state index is 5.62. The zero-order valence-electron chi connectivity index (χ0n) is 32.2. The molecule has 3 nitrogen and oxygen atoms in total. The van der Waals surface area contributed by atoms with Crippen LogP contribution in [0.3, 0.4) is 0 Å². The van der Waals surface area contributed by atoms with Crippen LogP contribution in [-0.4, -0.2) is 15.0 Å². The minimum absolute atomic E-state index is 0.630. The molecule has 5 heteroatoms. The Hall–Kier alpha value is -7.31. The van der Waals surface area contributed by atoms with Gasteiger partial charge in [0, 0.05) is 62.6 Å². The molecule has 60 heavy (non-hydrogen) atoms. The number of thiophene rings is 2. The van der Waals surface area contributed by atoms with Gasteiger partial charge in [0.2, 0.25) is 0 Å². The number of benzene rings is 9. The maximum Gasteiger partial charge on any atom is 0.165 e. The zero-order valence-corrected chi connectivity index (χ0v) is 33.8. The highest BCUT2D eigenvalue weighted by Crippen LogP contribution is 2.48. The van der Waals surface area contributed by atoms with Crippen molar-refractivity contribution in [2.24, 2.45) is 0 Å². The third-order valence-corrected chi connectivity index (χ3v) is 14.0. The molecule has 0 spiro atoms. The van der Waals surface area contributed by atoms with E-state index in [1.165, 1.54) is 41.7 Å². The van der Waals surface area contributed by atoms with Gasteiger partial charge in [-0.15, -0.1) is 22.7 Å². The van der Waals surface area contributed by atoms with E-state index in [0.29, 0.717) is 17.5 Å². The lowest BCUT2D eigenvalue weighted by molar-refractivity contribution is 1.08. The first-order valence-corrected chi connectivity index (χ1v) is 21.7. The summed E-state index contributed by atoms with van der Waals surface area (Å²) in [5.74, 6) is 1.93. The van der Waals surface area contributed by atoms with Gasteiger partial charge in [-0.1, -0.05) is 176 Å². The molecule has 0 N–H and O–H groups in total. The van der Waals surface area contributed by atoms with Crippen LogP contribution >= 0.6 is 22.7 Å². The van der Waals surface area contributed by atoms with Crippen LogP contribution in [0.5, 0.6) is 0 Å². The molecular weight excluding hydrogens is 767 g/mol. The second-order valence-corrected chi connectivity index (χ2v) is 17.1. The van der Waals surface area contributed by atoms with Gasteiger partial charge in [-0.3, -0.25) is 0 Å². The van der Waals surface area contributed by atoms with Crippen LogP contribution in [0.25, 0.3) is 119 Å². The highest BCUT2D eigenvalue weighted by atomic mass is 32.1. The Kier molecular flexibility index (Phi) is 8.22. The van der Waals surface area contributed by atoms with Gasteiger partial charge in [0.1, 0.15) is 0 Å². The van der Waals surface area contributed by atoms with Crippen molar-refractivity contribution in [1.29, 1.82) is 0 Å². The van der Waals surface area contributed by atoms with Gasteiger partial charge in [0.15, 0.2) is 17.5 Å². The monoisotopic (exact) mass is 799 g/mol. The largest absolute Gasteiger partial charge is 0.208 e. The average Bonchev–Trinajstić information content (AvgIpc) is 3.90. The molecule has 0 aliphatic carbocycles. The summed E-state index contributed by atoms with van der Waals surface area (Å²) in [5.41, 5.74) is 9.56. The molecule has 0 bridgehead atoms. The van der Waals surface area contributed by atoms with Gasteiger partial charge < -0.3 is 0 Å². The van der Waals surface area contributed by atoms with E-state index in [4.69, 9.17) is 15.0 Å². The predicted molar refractivity (Wildman–Crippen MR) is 256 cm³/mol. The first kappa shape index (κ1) is 34.7. The lowest BCUT2D eigenvalue weighted by Gasteiger charge is -2.21. The Labute approximate surface area is 354 Å². The standard InChI is InChI=1S/C55H33N3S2/c1-3-16-35(17-4-1)38-32-33-39(36-18-5-2-6-19-36)50(49(38)42-25-13-21-34-20-7-8-22-37(34)42)55-57-53(45-28-14-26-43-40-23-9-11-30-47(40)59-51(43)45)56-54(58-55)46-29-15-27-44-41-24-10-12-31-48(41)60-52(44)46/h1-33H. The topological polar surface area (TPSA) is 38.7 Å². The third-order valence-electron chi connectivity index (χ3n) is 11.6. The molecule has 3 aromatic heterocycles. The Morgan fingerprint density at radius 3 is 1.27 bits per heavy atom.